The van der Waals surface area contributed by atoms with E-state index in [0.29, 0.717) is 0 Å². The van der Waals surface area contributed by atoms with Crippen LogP contribution in [0.25, 0.3) is 11.1 Å². The molecule has 0 aromatic heterocycles. The Labute approximate surface area is 144 Å². The lowest BCUT2D eigenvalue weighted by Crippen LogP contribution is -2.04. The summed E-state index contributed by atoms with van der Waals surface area (Å²) in [6.07, 6.45) is 3.58. The fourth-order valence-corrected chi connectivity index (χ4v) is 3.19. The molecule has 0 aliphatic carbocycles. The van der Waals surface area contributed by atoms with E-state index >= 15 is 0 Å². The molecule has 0 radical (unpaired) electrons. The Hall–Kier alpha value is -1.35. The van der Waals surface area contributed by atoms with Crippen molar-refractivity contribution in [2.45, 2.75) is 38.7 Å². The van der Waals surface area contributed by atoms with E-state index in [1.54, 1.807) is 7.11 Å². The van der Waals surface area contributed by atoms with Crippen LogP contribution in [0.1, 0.15) is 43.4 Å². The van der Waals surface area contributed by atoms with Crippen LogP contribution in [0.3, 0.4) is 0 Å². The lowest BCUT2D eigenvalue weighted by molar-refractivity contribution is 0.0921. The molecule has 1 unspecified atom stereocenters. The van der Waals surface area contributed by atoms with Crippen molar-refractivity contribution in [2.75, 3.05) is 13.7 Å². The van der Waals surface area contributed by atoms with Gasteiger partial charge >= 0.3 is 0 Å². The quantitative estimate of drug-likeness (QED) is 0.654. The van der Waals surface area contributed by atoms with Crippen molar-refractivity contribution >= 4 is 11.6 Å². The summed E-state index contributed by atoms with van der Waals surface area (Å²) in [5.74, 6) is 0. The fourth-order valence-electron chi connectivity index (χ4n) is 2.90. The number of hydrogen-bond acceptors (Lipinski definition) is 2. The molecule has 2 aromatic carbocycles. The summed E-state index contributed by atoms with van der Waals surface area (Å²) in [4.78, 5) is 0. The van der Waals surface area contributed by atoms with E-state index in [2.05, 4.69) is 37.3 Å². The van der Waals surface area contributed by atoms with Gasteiger partial charge in [0.1, 0.15) is 0 Å². The summed E-state index contributed by atoms with van der Waals surface area (Å²) in [5.41, 5.74) is 4.60. The van der Waals surface area contributed by atoms with Crippen LogP contribution in [0.15, 0.2) is 42.5 Å². The monoisotopic (exact) mass is 332 g/mol. The summed E-state index contributed by atoms with van der Waals surface area (Å²) in [7, 11) is 1.73. The zero-order valence-electron chi connectivity index (χ0n) is 13.9. The zero-order valence-corrected chi connectivity index (χ0v) is 14.6. The third-order valence-electron chi connectivity index (χ3n) is 4.18. The summed E-state index contributed by atoms with van der Waals surface area (Å²) in [6, 6.07) is 14.5. The van der Waals surface area contributed by atoms with Crippen LogP contribution in [0, 0.1) is 0 Å². The van der Waals surface area contributed by atoms with E-state index in [0.717, 1.165) is 47.4 Å². The molecule has 0 spiro atoms. The first-order valence-corrected chi connectivity index (χ1v) is 8.60. The van der Waals surface area contributed by atoms with E-state index in [4.69, 9.17) is 21.4 Å². The second kappa shape index (κ2) is 9.07. The van der Waals surface area contributed by atoms with Crippen molar-refractivity contribution in [1.82, 2.24) is 0 Å². The minimum atomic E-state index is -0.0134. The highest BCUT2D eigenvalue weighted by molar-refractivity contribution is 6.33. The van der Waals surface area contributed by atoms with Crippen LogP contribution in [-0.4, -0.2) is 18.8 Å². The molecule has 23 heavy (non-hydrogen) atoms. The van der Waals surface area contributed by atoms with E-state index in [9.17, 15) is 0 Å². The highest BCUT2D eigenvalue weighted by atomic mass is 35.5. The maximum absolute atomic E-state index is 8.99. The zero-order chi connectivity index (χ0) is 16.7. The number of unbranched alkanes of at least 4 members (excludes halogenated alkanes) is 1. The van der Waals surface area contributed by atoms with Gasteiger partial charge < -0.3 is 9.84 Å². The van der Waals surface area contributed by atoms with Gasteiger partial charge in [0.2, 0.25) is 0 Å². The largest absolute Gasteiger partial charge is 0.396 e. The Morgan fingerprint density at radius 1 is 1.13 bits per heavy atom. The third kappa shape index (κ3) is 4.57. The van der Waals surface area contributed by atoms with Crippen LogP contribution in [0.4, 0.5) is 0 Å². The second-order valence-corrected chi connectivity index (χ2v) is 6.11. The van der Waals surface area contributed by atoms with Gasteiger partial charge in [0.15, 0.2) is 0 Å². The van der Waals surface area contributed by atoms with Crippen molar-refractivity contribution in [3.8, 4) is 11.1 Å². The minimum absolute atomic E-state index is 0.0134. The molecule has 2 aromatic rings. The number of rotatable bonds is 8. The van der Waals surface area contributed by atoms with Gasteiger partial charge in [0.05, 0.1) is 6.10 Å². The normalized spacial score (nSPS) is 12.3. The molecular weight excluding hydrogens is 308 g/mol. The SMILES string of the molecule is CCc1cccc(-c2c(Cl)cccc2C(CCCCO)OC)c1. The predicted molar refractivity (Wildman–Crippen MR) is 97.0 cm³/mol. The molecule has 3 heteroatoms. The Morgan fingerprint density at radius 2 is 1.91 bits per heavy atom. The first-order chi connectivity index (χ1) is 11.2. The van der Waals surface area contributed by atoms with Gasteiger partial charge in [0.25, 0.3) is 0 Å². The number of hydrogen-bond donors (Lipinski definition) is 1. The van der Waals surface area contributed by atoms with E-state index in [-0.39, 0.29) is 12.7 Å². The fraction of sp³-hybridized carbons (Fsp3) is 0.400. The second-order valence-electron chi connectivity index (χ2n) is 5.70. The first-order valence-electron chi connectivity index (χ1n) is 8.22. The molecule has 2 rings (SSSR count). The standard InChI is InChI=1S/C20H25ClO2/c1-3-15-8-6-9-16(14-15)20-17(10-7-11-18(20)21)19(23-2)12-4-5-13-22/h6-11,14,19,22H,3-5,12-13H2,1-2H3. The van der Waals surface area contributed by atoms with E-state index in [1.165, 1.54) is 5.56 Å². The molecule has 0 fully saturated rings. The van der Waals surface area contributed by atoms with Crippen molar-refractivity contribution in [1.29, 1.82) is 0 Å². The van der Waals surface area contributed by atoms with Gasteiger partial charge in [-0.25, -0.2) is 0 Å². The minimum Gasteiger partial charge on any atom is -0.396 e. The topological polar surface area (TPSA) is 29.5 Å². The first kappa shape index (κ1) is 18.0. The number of aliphatic hydroxyl groups is 1. The Bertz CT molecular complexity index is 625. The van der Waals surface area contributed by atoms with Gasteiger partial charge in [0, 0.05) is 24.3 Å². The van der Waals surface area contributed by atoms with Gasteiger partial charge in [-0.15, -0.1) is 0 Å². The van der Waals surface area contributed by atoms with Crippen molar-refractivity contribution in [3.63, 3.8) is 0 Å². The van der Waals surface area contributed by atoms with Crippen molar-refractivity contribution in [3.05, 3.63) is 58.6 Å². The molecule has 0 saturated heterocycles. The number of benzene rings is 2. The van der Waals surface area contributed by atoms with E-state index in [1.807, 2.05) is 12.1 Å². The Morgan fingerprint density at radius 3 is 2.61 bits per heavy atom. The average molecular weight is 333 g/mol. The lowest BCUT2D eigenvalue weighted by atomic mass is 9.92. The summed E-state index contributed by atoms with van der Waals surface area (Å²) >= 11 is 6.53. The number of ether oxygens (including phenoxy) is 1. The molecule has 1 N–H and O–H groups in total. The Balaban J connectivity index is 2.42. The predicted octanol–water partition coefficient (Wildman–Crippen LogP) is 5.42. The Kier molecular flexibility index (Phi) is 7.10. The van der Waals surface area contributed by atoms with Crippen molar-refractivity contribution < 1.29 is 9.84 Å². The van der Waals surface area contributed by atoms with Gasteiger partial charge in [-0.3, -0.25) is 0 Å². The van der Waals surface area contributed by atoms with E-state index < -0.39 is 0 Å². The van der Waals surface area contributed by atoms with Crippen LogP contribution in [0.5, 0.6) is 0 Å². The van der Waals surface area contributed by atoms with Crippen LogP contribution in [-0.2, 0) is 11.2 Å². The summed E-state index contributed by atoms with van der Waals surface area (Å²) in [5, 5.41) is 9.74. The number of aliphatic hydroxyl groups excluding tert-OH is 1. The molecule has 124 valence electrons. The number of aryl methyl sites for hydroxylation is 1. The summed E-state index contributed by atoms with van der Waals surface area (Å²) in [6.45, 7) is 2.37. The molecule has 0 bridgehead atoms. The summed E-state index contributed by atoms with van der Waals surface area (Å²) < 4.78 is 5.72. The van der Waals surface area contributed by atoms with Gasteiger partial charge in [-0.05, 0) is 48.4 Å². The maximum atomic E-state index is 8.99. The molecule has 0 amide bonds. The van der Waals surface area contributed by atoms with Crippen LogP contribution < -0.4 is 0 Å². The number of methoxy groups -OCH3 is 1. The molecule has 0 aliphatic heterocycles. The van der Waals surface area contributed by atoms with Crippen LogP contribution >= 0.6 is 11.6 Å². The lowest BCUT2D eigenvalue weighted by Gasteiger charge is -2.21. The third-order valence-corrected chi connectivity index (χ3v) is 4.49. The molecule has 2 nitrogen and oxygen atoms in total. The smallest absolute Gasteiger partial charge is 0.0827 e. The molecule has 0 heterocycles. The highest BCUT2D eigenvalue weighted by Gasteiger charge is 2.18. The molecule has 0 saturated carbocycles. The maximum Gasteiger partial charge on any atom is 0.0827 e. The van der Waals surface area contributed by atoms with Gasteiger partial charge in [-0.2, -0.15) is 0 Å². The highest BCUT2D eigenvalue weighted by Crippen LogP contribution is 2.37. The average Bonchev–Trinajstić information content (AvgIpc) is 2.58. The van der Waals surface area contributed by atoms with Crippen LogP contribution in [0.2, 0.25) is 5.02 Å². The van der Waals surface area contributed by atoms with Crippen molar-refractivity contribution in [2.24, 2.45) is 0 Å². The molecule has 0 aliphatic rings. The molecular formula is C20H25ClO2. The number of halogens is 1. The molecule has 1 atom stereocenters. The van der Waals surface area contributed by atoms with Gasteiger partial charge in [-0.1, -0.05) is 54.9 Å².